The number of hydrogen-bond donors (Lipinski definition) is 0. The number of carbonyl (C=O) groups is 1. The molecule has 2 aromatic carbocycles. The summed E-state index contributed by atoms with van der Waals surface area (Å²) in [6, 6.07) is 18.2. The van der Waals surface area contributed by atoms with E-state index in [9.17, 15) is 4.79 Å². The number of rotatable bonds is 7. The molecule has 1 atom stereocenters. The van der Waals surface area contributed by atoms with Crippen LogP contribution in [0.1, 0.15) is 12.5 Å². The first-order valence-corrected chi connectivity index (χ1v) is 11.7. The van der Waals surface area contributed by atoms with Gasteiger partial charge in [0, 0.05) is 45.3 Å². The van der Waals surface area contributed by atoms with Gasteiger partial charge < -0.3 is 14.2 Å². The van der Waals surface area contributed by atoms with E-state index in [2.05, 4.69) is 39.4 Å². The molecule has 0 radical (unpaired) electrons. The van der Waals surface area contributed by atoms with Gasteiger partial charge in [0.1, 0.15) is 5.75 Å². The van der Waals surface area contributed by atoms with Crippen molar-refractivity contribution in [3.63, 3.8) is 0 Å². The van der Waals surface area contributed by atoms with Crippen LogP contribution < -0.4 is 4.74 Å². The van der Waals surface area contributed by atoms with Crippen molar-refractivity contribution in [3.8, 4) is 17.1 Å². The van der Waals surface area contributed by atoms with Crippen LogP contribution >= 0.6 is 11.8 Å². The van der Waals surface area contributed by atoms with Crippen LogP contribution in [0, 0.1) is 0 Å². The number of carbonyl (C=O) groups excluding carboxylic acids is 1. The molecule has 1 aliphatic heterocycles. The standard InChI is InChI=1S/C24H29N5O2S/c1-18(23(30)29-14-12-28(13-15-29)17-19-8-5-4-6-9-19)32-24-26-25-22(27(24)2)20-10-7-11-21(16-20)31-3/h4-11,16,18H,12-15,17H2,1-3H3. The van der Waals surface area contributed by atoms with Crippen LogP contribution in [-0.2, 0) is 18.4 Å². The normalized spacial score (nSPS) is 15.5. The van der Waals surface area contributed by atoms with Crippen LogP contribution in [0.25, 0.3) is 11.4 Å². The van der Waals surface area contributed by atoms with Gasteiger partial charge in [0.25, 0.3) is 0 Å². The Labute approximate surface area is 193 Å². The number of hydrogen-bond acceptors (Lipinski definition) is 6. The Bertz CT molecular complexity index is 1050. The van der Waals surface area contributed by atoms with Crippen LogP contribution in [0.4, 0.5) is 0 Å². The predicted octanol–water partition coefficient (Wildman–Crippen LogP) is 3.32. The second-order valence-electron chi connectivity index (χ2n) is 7.94. The number of methoxy groups -OCH3 is 1. The number of amides is 1. The number of thioether (sulfide) groups is 1. The summed E-state index contributed by atoms with van der Waals surface area (Å²) in [6.45, 7) is 6.17. The van der Waals surface area contributed by atoms with Gasteiger partial charge in [0.15, 0.2) is 11.0 Å². The molecule has 168 valence electrons. The second-order valence-corrected chi connectivity index (χ2v) is 9.25. The summed E-state index contributed by atoms with van der Waals surface area (Å²) in [6.07, 6.45) is 0. The fourth-order valence-electron chi connectivity index (χ4n) is 3.86. The largest absolute Gasteiger partial charge is 0.497 e. The number of benzene rings is 2. The minimum atomic E-state index is -0.225. The van der Waals surface area contributed by atoms with Crippen LogP contribution in [-0.4, -0.2) is 69.0 Å². The molecule has 1 aromatic heterocycles. The Hall–Kier alpha value is -2.84. The molecule has 1 fully saturated rings. The molecule has 8 heteroatoms. The maximum Gasteiger partial charge on any atom is 0.235 e. The maximum absolute atomic E-state index is 13.1. The van der Waals surface area contributed by atoms with E-state index in [0.717, 1.165) is 55.0 Å². The molecule has 4 rings (SSSR count). The Morgan fingerprint density at radius 2 is 1.81 bits per heavy atom. The lowest BCUT2D eigenvalue weighted by atomic mass is 10.2. The molecule has 1 amide bonds. The van der Waals surface area contributed by atoms with Crippen molar-refractivity contribution >= 4 is 17.7 Å². The third kappa shape index (κ3) is 5.14. The van der Waals surface area contributed by atoms with Crippen molar-refractivity contribution in [2.24, 2.45) is 7.05 Å². The SMILES string of the molecule is COc1cccc(-c2nnc(SC(C)C(=O)N3CCN(Cc4ccccc4)CC3)n2C)c1. The number of nitrogens with zero attached hydrogens (tertiary/aromatic N) is 5. The van der Waals surface area contributed by atoms with Crippen LogP contribution in [0.5, 0.6) is 5.75 Å². The van der Waals surface area contributed by atoms with E-state index >= 15 is 0 Å². The lowest BCUT2D eigenvalue weighted by molar-refractivity contribution is -0.132. The number of ether oxygens (including phenoxy) is 1. The van der Waals surface area contributed by atoms with Crippen molar-refractivity contribution in [2.45, 2.75) is 23.9 Å². The van der Waals surface area contributed by atoms with Crippen LogP contribution in [0.2, 0.25) is 0 Å². The Balaban J connectivity index is 1.34. The average molecular weight is 452 g/mol. The predicted molar refractivity (Wildman–Crippen MR) is 127 cm³/mol. The van der Waals surface area contributed by atoms with Crippen molar-refractivity contribution in [3.05, 3.63) is 60.2 Å². The average Bonchev–Trinajstić information content (AvgIpc) is 3.19. The first kappa shape index (κ1) is 22.4. The third-order valence-electron chi connectivity index (χ3n) is 5.73. The van der Waals surface area contributed by atoms with Gasteiger partial charge in [-0.3, -0.25) is 9.69 Å². The van der Waals surface area contributed by atoms with Gasteiger partial charge in [-0.25, -0.2) is 0 Å². The van der Waals surface area contributed by atoms with Gasteiger partial charge in [-0.15, -0.1) is 10.2 Å². The van der Waals surface area contributed by atoms with Gasteiger partial charge in [0.2, 0.25) is 5.91 Å². The molecule has 1 unspecified atom stereocenters. The summed E-state index contributed by atoms with van der Waals surface area (Å²) in [5.41, 5.74) is 2.24. The smallest absolute Gasteiger partial charge is 0.235 e. The molecular weight excluding hydrogens is 422 g/mol. The number of aromatic nitrogens is 3. The fraction of sp³-hybridized carbons (Fsp3) is 0.375. The zero-order valence-corrected chi connectivity index (χ0v) is 19.6. The van der Waals surface area contributed by atoms with Gasteiger partial charge in [-0.1, -0.05) is 54.2 Å². The molecule has 3 aromatic rings. The van der Waals surface area contributed by atoms with E-state index in [1.807, 2.05) is 53.8 Å². The van der Waals surface area contributed by atoms with Gasteiger partial charge in [-0.05, 0) is 24.6 Å². The minimum absolute atomic E-state index is 0.153. The van der Waals surface area contributed by atoms with E-state index in [4.69, 9.17) is 4.74 Å². The van der Waals surface area contributed by atoms with Crippen LogP contribution in [0.3, 0.4) is 0 Å². The molecule has 0 aliphatic carbocycles. The molecule has 0 saturated carbocycles. The second kappa shape index (κ2) is 10.2. The zero-order chi connectivity index (χ0) is 22.5. The van der Waals surface area contributed by atoms with Crippen molar-refractivity contribution < 1.29 is 9.53 Å². The molecule has 2 heterocycles. The van der Waals surface area contributed by atoms with E-state index in [-0.39, 0.29) is 11.2 Å². The topological polar surface area (TPSA) is 63.5 Å². The zero-order valence-electron chi connectivity index (χ0n) is 18.8. The highest BCUT2D eigenvalue weighted by atomic mass is 32.2. The fourth-order valence-corrected chi connectivity index (χ4v) is 4.76. The Kier molecular flexibility index (Phi) is 7.12. The van der Waals surface area contributed by atoms with Crippen molar-refractivity contribution in [1.82, 2.24) is 24.6 Å². The van der Waals surface area contributed by atoms with E-state index < -0.39 is 0 Å². The summed E-state index contributed by atoms with van der Waals surface area (Å²) in [5, 5.41) is 9.17. The molecule has 0 N–H and O–H groups in total. The van der Waals surface area contributed by atoms with Gasteiger partial charge in [0.05, 0.1) is 12.4 Å². The molecule has 0 spiro atoms. The molecule has 1 saturated heterocycles. The summed E-state index contributed by atoms with van der Waals surface area (Å²) in [5.74, 6) is 1.68. The molecule has 7 nitrogen and oxygen atoms in total. The quantitative estimate of drug-likeness (QED) is 0.514. The van der Waals surface area contributed by atoms with Crippen molar-refractivity contribution in [1.29, 1.82) is 0 Å². The highest BCUT2D eigenvalue weighted by Gasteiger charge is 2.27. The lowest BCUT2D eigenvalue weighted by Crippen LogP contribution is -2.50. The molecular formula is C24H29N5O2S. The Morgan fingerprint density at radius 1 is 1.06 bits per heavy atom. The summed E-state index contributed by atoms with van der Waals surface area (Å²) < 4.78 is 7.24. The Morgan fingerprint density at radius 3 is 2.53 bits per heavy atom. The first-order valence-electron chi connectivity index (χ1n) is 10.8. The number of piperazine rings is 1. The maximum atomic E-state index is 13.1. The summed E-state index contributed by atoms with van der Waals surface area (Å²) in [7, 11) is 3.57. The molecule has 0 bridgehead atoms. The highest BCUT2D eigenvalue weighted by molar-refractivity contribution is 8.00. The summed E-state index contributed by atoms with van der Waals surface area (Å²) >= 11 is 1.45. The lowest BCUT2D eigenvalue weighted by Gasteiger charge is -2.35. The van der Waals surface area contributed by atoms with Crippen molar-refractivity contribution in [2.75, 3.05) is 33.3 Å². The highest BCUT2D eigenvalue weighted by Crippen LogP contribution is 2.28. The van der Waals surface area contributed by atoms with Crippen LogP contribution in [0.15, 0.2) is 59.8 Å². The van der Waals surface area contributed by atoms with Gasteiger partial charge >= 0.3 is 0 Å². The minimum Gasteiger partial charge on any atom is -0.497 e. The van der Waals surface area contributed by atoms with Gasteiger partial charge in [-0.2, -0.15) is 0 Å². The van der Waals surface area contributed by atoms with E-state index in [1.54, 1.807) is 7.11 Å². The molecule has 1 aliphatic rings. The van der Waals surface area contributed by atoms with E-state index in [0.29, 0.717) is 0 Å². The monoisotopic (exact) mass is 451 g/mol. The third-order valence-corrected chi connectivity index (χ3v) is 6.85. The first-order chi connectivity index (χ1) is 15.5. The summed E-state index contributed by atoms with van der Waals surface area (Å²) in [4.78, 5) is 17.4. The molecule has 32 heavy (non-hydrogen) atoms. The van der Waals surface area contributed by atoms with E-state index in [1.165, 1.54) is 17.3 Å².